The van der Waals surface area contributed by atoms with E-state index in [0.29, 0.717) is 57.8 Å². The van der Waals surface area contributed by atoms with Crippen molar-refractivity contribution in [3.8, 4) is 0 Å². The molecule has 200 valence electrons. The zero-order valence-electron chi connectivity index (χ0n) is 23.2. The molecule has 0 heterocycles. The highest BCUT2D eigenvalue weighted by Crippen LogP contribution is 2.32. The molecule has 7 nitrogen and oxygen atoms in total. The topological polar surface area (TPSA) is 99.1 Å². The zero-order valence-corrected chi connectivity index (χ0v) is 23.2. The number of ether oxygens (including phenoxy) is 3. The van der Waals surface area contributed by atoms with E-state index in [0.717, 1.165) is 0 Å². The molecule has 0 atom stereocenters. The second kappa shape index (κ2) is 14.1. The summed E-state index contributed by atoms with van der Waals surface area (Å²) in [6.45, 7) is 17.3. The van der Waals surface area contributed by atoms with Crippen LogP contribution in [0.5, 0.6) is 0 Å². The van der Waals surface area contributed by atoms with Gasteiger partial charge in [0, 0.05) is 0 Å². The predicted octanol–water partition coefficient (Wildman–Crippen LogP) is 6.03. The summed E-state index contributed by atoms with van der Waals surface area (Å²) in [7, 11) is 0. The average Bonchev–Trinajstić information content (AvgIpc) is 2.84. The lowest BCUT2D eigenvalue weighted by Gasteiger charge is -2.36. The first kappa shape index (κ1) is 32.4. The monoisotopic (exact) mass is 486 g/mol. The van der Waals surface area contributed by atoms with Crippen LogP contribution in [0.25, 0.3) is 0 Å². The summed E-state index contributed by atoms with van der Waals surface area (Å²) < 4.78 is 17.2. The Hall–Kier alpha value is -1.63. The number of aliphatic hydroxyl groups is 1. The van der Waals surface area contributed by atoms with Crippen LogP contribution in [-0.2, 0) is 28.6 Å². The first-order valence-corrected chi connectivity index (χ1v) is 13.3. The SMILES string of the molecule is CCC(CC)(CC)OC(=O)CC(O)(CC(=O)OC(CC)(CC)CC)C(=O)OC(CC)(CC)CC. The minimum atomic E-state index is -2.37. The number of carbonyl (C=O) groups is 3. The van der Waals surface area contributed by atoms with Crippen LogP contribution in [0.1, 0.15) is 133 Å². The van der Waals surface area contributed by atoms with Gasteiger partial charge in [-0.25, -0.2) is 4.79 Å². The van der Waals surface area contributed by atoms with E-state index in [-0.39, 0.29) is 0 Å². The molecular formula is C27H50O7. The molecule has 0 aliphatic carbocycles. The van der Waals surface area contributed by atoms with E-state index < -0.39 is 53.2 Å². The van der Waals surface area contributed by atoms with Crippen LogP contribution in [0.4, 0.5) is 0 Å². The van der Waals surface area contributed by atoms with E-state index in [9.17, 15) is 19.5 Å². The second-order valence-corrected chi connectivity index (χ2v) is 9.45. The van der Waals surface area contributed by atoms with Crippen molar-refractivity contribution in [3.05, 3.63) is 0 Å². The van der Waals surface area contributed by atoms with Gasteiger partial charge in [0.2, 0.25) is 0 Å². The molecule has 0 amide bonds. The lowest BCUT2D eigenvalue weighted by Crippen LogP contribution is -2.50. The first-order valence-electron chi connectivity index (χ1n) is 13.3. The van der Waals surface area contributed by atoms with Gasteiger partial charge in [-0.2, -0.15) is 0 Å². The smallest absolute Gasteiger partial charge is 0.339 e. The Morgan fingerprint density at radius 2 is 0.735 bits per heavy atom. The molecule has 0 saturated carbocycles. The van der Waals surface area contributed by atoms with Crippen molar-refractivity contribution >= 4 is 17.9 Å². The Labute approximate surface area is 207 Å². The molecule has 0 aromatic heterocycles. The Morgan fingerprint density at radius 1 is 0.500 bits per heavy atom. The Morgan fingerprint density at radius 3 is 0.971 bits per heavy atom. The number of esters is 3. The molecule has 0 aromatic carbocycles. The van der Waals surface area contributed by atoms with Gasteiger partial charge in [0.25, 0.3) is 0 Å². The third-order valence-corrected chi connectivity index (χ3v) is 8.02. The maximum atomic E-state index is 13.3. The average molecular weight is 487 g/mol. The summed E-state index contributed by atoms with van der Waals surface area (Å²) in [5.74, 6) is -2.46. The predicted molar refractivity (Wildman–Crippen MR) is 133 cm³/mol. The number of hydrogen-bond acceptors (Lipinski definition) is 7. The molecule has 0 bridgehead atoms. The van der Waals surface area contributed by atoms with Crippen molar-refractivity contribution in [3.63, 3.8) is 0 Å². The minimum absolute atomic E-state index is 0.548. The van der Waals surface area contributed by atoms with Crippen LogP contribution in [-0.4, -0.2) is 45.4 Å². The highest BCUT2D eigenvalue weighted by Gasteiger charge is 2.48. The summed E-state index contributed by atoms with van der Waals surface area (Å²) in [5, 5.41) is 11.4. The molecule has 0 aliphatic heterocycles. The zero-order chi connectivity index (χ0) is 26.6. The molecule has 0 unspecified atom stereocenters. The number of rotatable bonds is 17. The van der Waals surface area contributed by atoms with Crippen LogP contribution >= 0.6 is 0 Å². The summed E-state index contributed by atoms with van der Waals surface area (Å²) >= 11 is 0. The molecule has 0 spiro atoms. The normalized spacial score (nSPS) is 12.9. The van der Waals surface area contributed by atoms with Crippen LogP contribution in [0, 0.1) is 0 Å². The van der Waals surface area contributed by atoms with E-state index in [1.54, 1.807) is 0 Å². The molecule has 0 aromatic rings. The molecule has 1 N–H and O–H groups in total. The van der Waals surface area contributed by atoms with Crippen LogP contribution in [0.2, 0.25) is 0 Å². The molecule has 0 aliphatic rings. The Bertz CT molecular complexity index is 583. The maximum Gasteiger partial charge on any atom is 0.339 e. The van der Waals surface area contributed by atoms with E-state index >= 15 is 0 Å². The van der Waals surface area contributed by atoms with Crippen molar-refractivity contribution in [2.24, 2.45) is 0 Å². The van der Waals surface area contributed by atoms with Gasteiger partial charge in [-0.15, -0.1) is 0 Å². The molecule has 0 rings (SSSR count). The summed E-state index contributed by atoms with van der Waals surface area (Å²) in [6, 6.07) is 0. The highest BCUT2D eigenvalue weighted by atomic mass is 16.6. The lowest BCUT2D eigenvalue weighted by molar-refractivity contribution is -0.196. The standard InChI is InChI=1S/C27H50O7/c1-10-24(11-2,12-3)32-21(28)19-27(31,23(30)34-26(16-7,17-8)18-9)20-22(29)33-25(13-4,14-5)15-6/h31H,10-20H2,1-9H3. The number of carbonyl (C=O) groups excluding carboxylic acids is 3. The van der Waals surface area contributed by atoms with Gasteiger partial charge >= 0.3 is 17.9 Å². The maximum absolute atomic E-state index is 13.3. The van der Waals surface area contributed by atoms with Crippen molar-refractivity contribution < 1.29 is 33.7 Å². The first-order chi connectivity index (χ1) is 15.9. The van der Waals surface area contributed by atoms with Gasteiger partial charge in [-0.05, 0) is 57.8 Å². The third-order valence-electron chi connectivity index (χ3n) is 8.02. The quantitative estimate of drug-likeness (QED) is 0.198. The fourth-order valence-electron chi connectivity index (χ4n) is 4.43. The van der Waals surface area contributed by atoms with E-state index in [2.05, 4.69) is 0 Å². The fraction of sp³-hybridized carbons (Fsp3) is 0.889. The van der Waals surface area contributed by atoms with Gasteiger partial charge in [0.05, 0.1) is 12.8 Å². The molecular weight excluding hydrogens is 436 g/mol. The van der Waals surface area contributed by atoms with Gasteiger partial charge in [-0.1, -0.05) is 62.3 Å². The van der Waals surface area contributed by atoms with Gasteiger partial charge in [0.1, 0.15) is 16.8 Å². The van der Waals surface area contributed by atoms with E-state index in [4.69, 9.17) is 14.2 Å². The molecule has 0 radical (unpaired) electrons. The molecule has 7 heteroatoms. The van der Waals surface area contributed by atoms with E-state index in [1.807, 2.05) is 62.3 Å². The lowest BCUT2D eigenvalue weighted by atomic mass is 9.90. The molecule has 0 fully saturated rings. The van der Waals surface area contributed by atoms with Crippen molar-refractivity contribution in [1.29, 1.82) is 0 Å². The molecule has 34 heavy (non-hydrogen) atoms. The van der Waals surface area contributed by atoms with Crippen molar-refractivity contribution in [2.75, 3.05) is 0 Å². The Kier molecular flexibility index (Phi) is 13.4. The van der Waals surface area contributed by atoms with Crippen molar-refractivity contribution in [1.82, 2.24) is 0 Å². The van der Waals surface area contributed by atoms with Gasteiger partial charge < -0.3 is 19.3 Å². The second-order valence-electron chi connectivity index (χ2n) is 9.45. The van der Waals surface area contributed by atoms with E-state index in [1.165, 1.54) is 0 Å². The summed E-state index contributed by atoms with van der Waals surface area (Å²) in [4.78, 5) is 39.1. The third kappa shape index (κ3) is 8.24. The minimum Gasteiger partial charge on any atom is -0.459 e. The van der Waals surface area contributed by atoms with Gasteiger partial charge in [-0.3, -0.25) is 9.59 Å². The largest absolute Gasteiger partial charge is 0.459 e. The van der Waals surface area contributed by atoms with Crippen LogP contribution in [0.3, 0.4) is 0 Å². The van der Waals surface area contributed by atoms with Crippen LogP contribution in [0.15, 0.2) is 0 Å². The highest BCUT2D eigenvalue weighted by molar-refractivity contribution is 5.90. The molecule has 0 saturated heterocycles. The van der Waals surface area contributed by atoms with Gasteiger partial charge in [0.15, 0.2) is 5.60 Å². The fourth-order valence-corrected chi connectivity index (χ4v) is 4.43. The summed E-state index contributed by atoms with van der Waals surface area (Å²) in [5.41, 5.74) is -4.51. The summed E-state index contributed by atoms with van der Waals surface area (Å²) in [6.07, 6.45) is 3.92. The Balaban J connectivity index is 6.02. The van der Waals surface area contributed by atoms with Crippen LogP contribution < -0.4 is 0 Å². The number of hydrogen-bond donors (Lipinski definition) is 1. The van der Waals surface area contributed by atoms with Crippen molar-refractivity contribution in [2.45, 2.75) is 155 Å².